The van der Waals surface area contributed by atoms with Crippen molar-refractivity contribution in [3.05, 3.63) is 23.7 Å². The third-order valence-corrected chi connectivity index (χ3v) is 7.12. The van der Waals surface area contributed by atoms with Crippen LogP contribution in [0.2, 0.25) is 0 Å². The number of methoxy groups -OCH3 is 1. The second-order valence-corrected chi connectivity index (χ2v) is 9.57. The summed E-state index contributed by atoms with van der Waals surface area (Å²) in [5.74, 6) is 2.30. The zero-order valence-electron chi connectivity index (χ0n) is 19.0. The van der Waals surface area contributed by atoms with Crippen molar-refractivity contribution >= 4 is 11.9 Å². The van der Waals surface area contributed by atoms with E-state index in [-0.39, 0.29) is 24.0 Å². The van der Waals surface area contributed by atoms with Crippen molar-refractivity contribution in [3.8, 4) is 11.3 Å². The molecule has 2 aromatic heterocycles. The van der Waals surface area contributed by atoms with Crippen LogP contribution in [-0.4, -0.2) is 53.4 Å². The SMILES string of the molecule is CO[C@H]1CCC[C@H](C(=O)NC2CCN(c3ncc(-c4cc(C)no4)c(C4CC4)n3)CC2)C1. The van der Waals surface area contributed by atoms with E-state index in [0.29, 0.717) is 5.92 Å². The molecule has 0 radical (unpaired) electrons. The molecule has 2 saturated carbocycles. The second-order valence-electron chi connectivity index (χ2n) is 9.57. The van der Waals surface area contributed by atoms with Crippen molar-refractivity contribution in [2.75, 3.05) is 25.1 Å². The maximum atomic E-state index is 12.8. The second kappa shape index (κ2) is 9.17. The number of hydrogen-bond donors (Lipinski definition) is 1. The number of ether oxygens (including phenoxy) is 1. The average Bonchev–Trinajstić information content (AvgIpc) is 3.59. The minimum Gasteiger partial charge on any atom is -0.381 e. The smallest absolute Gasteiger partial charge is 0.225 e. The maximum Gasteiger partial charge on any atom is 0.225 e. The van der Waals surface area contributed by atoms with Crippen LogP contribution in [0.3, 0.4) is 0 Å². The average molecular weight is 440 g/mol. The fourth-order valence-electron chi connectivity index (χ4n) is 5.03. The zero-order valence-corrected chi connectivity index (χ0v) is 19.0. The summed E-state index contributed by atoms with van der Waals surface area (Å²) in [4.78, 5) is 24.6. The number of aryl methyl sites for hydroxylation is 1. The molecule has 3 heterocycles. The Kier molecular flexibility index (Phi) is 6.13. The number of hydrogen-bond acceptors (Lipinski definition) is 7. The van der Waals surface area contributed by atoms with Crippen LogP contribution < -0.4 is 10.2 Å². The molecule has 0 bridgehead atoms. The van der Waals surface area contributed by atoms with Gasteiger partial charge in [0.05, 0.1) is 23.1 Å². The maximum absolute atomic E-state index is 12.8. The number of anilines is 1. The normalized spacial score (nSPS) is 24.5. The van der Waals surface area contributed by atoms with Gasteiger partial charge >= 0.3 is 0 Å². The van der Waals surface area contributed by atoms with Gasteiger partial charge < -0.3 is 19.5 Å². The van der Waals surface area contributed by atoms with Crippen LogP contribution in [0.1, 0.15) is 68.7 Å². The Morgan fingerprint density at radius 2 is 2.00 bits per heavy atom. The lowest BCUT2D eigenvalue weighted by atomic mass is 9.86. The summed E-state index contributed by atoms with van der Waals surface area (Å²) in [5, 5.41) is 7.31. The van der Waals surface area contributed by atoms with Gasteiger partial charge in [0.2, 0.25) is 11.9 Å². The predicted molar refractivity (Wildman–Crippen MR) is 120 cm³/mol. The first-order valence-corrected chi connectivity index (χ1v) is 12.0. The lowest BCUT2D eigenvalue weighted by Crippen LogP contribution is -2.47. The van der Waals surface area contributed by atoms with Gasteiger partial charge in [-0.25, -0.2) is 9.97 Å². The van der Waals surface area contributed by atoms with E-state index >= 15 is 0 Å². The molecule has 32 heavy (non-hydrogen) atoms. The molecule has 0 spiro atoms. The molecular weight excluding hydrogens is 406 g/mol. The van der Waals surface area contributed by atoms with Crippen molar-refractivity contribution in [2.45, 2.75) is 76.4 Å². The standard InChI is InChI=1S/C24H33N5O3/c1-15-12-21(32-28-15)20-14-25-24(27-22(20)16-6-7-16)29-10-8-18(9-11-29)26-23(30)17-4-3-5-19(13-17)31-2/h12,14,16-19H,3-11,13H2,1-2H3,(H,26,30)/t17-,19-/m0/s1. The van der Waals surface area contributed by atoms with Crippen LogP contribution in [0, 0.1) is 12.8 Å². The third-order valence-electron chi connectivity index (χ3n) is 7.12. The molecule has 8 nitrogen and oxygen atoms in total. The van der Waals surface area contributed by atoms with E-state index in [9.17, 15) is 4.79 Å². The molecule has 1 saturated heterocycles. The highest BCUT2D eigenvalue weighted by molar-refractivity contribution is 5.79. The van der Waals surface area contributed by atoms with Gasteiger partial charge in [-0.1, -0.05) is 11.6 Å². The highest BCUT2D eigenvalue weighted by Gasteiger charge is 2.32. The molecule has 1 amide bonds. The molecule has 3 fully saturated rings. The lowest BCUT2D eigenvalue weighted by Gasteiger charge is -2.34. The number of amides is 1. The van der Waals surface area contributed by atoms with Crippen molar-refractivity contribution in [2.24, 2.45) is 5.92 Å². The molecular formula is C24H33N5O3. The van der Waals surface area contributed by atoms with Gasteiger partial charge in [0.1, 0.15) is 0 Å². The van der Waals surface area contributed by atoms with E-state index in [4.69, 9.17) is 14.2 Å². The van der Waals surface area contributed by atoms with Crippen molar-refractivity contribution in [1.82, 2.24) is 20.4 Å². The molecule has 0 aromatic carbocycles. The number of aromatic nitrogens is 3. The highest BCUT2D eigenvalue weighted by atomic mass is 16.5. The Hall–Kier alpha value is -2.48. The predicted octanol–water partition coefficient (Wildman–Crippen LogP) is 3.61. The van der Waals surface area contributed by atoms with Gasteiger partial charge in [-0.3, -0.25) is 4.79 Å². The fraction of sp³-hybridized carbons (Fsp3) is 0.667. The third kappa shape index (κ3) is 4.65. The van der Waals surface area contributed by atoms with Crippen molar-refractivity contribution < 1.29 is 14.1 Å². The molecule has 2 atom stereocenters. The molecule has 3 aliphatic rings. The summed E-state index contributed by atoms with van der Waals surface area (Å²) in [6, 6.07) is 2.17. The molecule has 2 aliphatic carbocycles. The summed E-state index contributed by atoms with van der Waals surface area (Å²) in [6.07, 6.45) is 10.2. The number of nitrogens with one attached hydrogen (secondary N) is 1. The monoisotopic (exact) mass is 439 g/mol. The van der Waals surface area contributed by atoms with E-state index in [1.54, 1.807) is 7.11 Å². The molecule has 2 aromatic rings. The molecule has 172 valence electrons. The van der Waals surface area contributed by atoms with E-state index < -0.39 is 0 Å². The summed E-state index contributed by atoms with van der Waals surface area (Å²) in [6.45, 7) is 3.62. The molecule has 0 unspecified atom stereocenters. The summed E-state index contributed by atoms with van der Waals surface area (Å²) < 4.78 is 11.0. The molecule has 1 N–H and O–H groups in total. The minimum atomic E-state index is 0.0865. The van der Waals surface area contributed by atoms with Crippen LogP contribution in [0.4, 0.5) is 5.95 Å². The van der Waals surface area contributed by atoms with E-state index in [0.717, 1.165) is 93.1 Å². The number of nitrogens with zero attached hydrogens (tertiary/aromatic N) is 4. The number of piperidine rings is 1. The fourth-order valence-corrected chi connectivity index (χ4v) is 5.03. The van der Waals surface area contributed by atoms with Crippen molar-refractivity contribution in [3.63, 3.8) is 0 Å². The molecule has 1 aliphatic heterocycles. The first-order chi connectivity index (χ1) is 15.6. The van der Waals surface area contributed by atoms with Crippen LogP contribution in [0.5, 0.6) is 0 Å². The van der Waals surface area contributed by atoms with E-state index in [2.05, 4.69) is 20.4 Å². The first-order valence-electron chi connectivity index (χ1n) is 12.0. The topological polar surface area (TPSA) is 93.4 Å². The Morgan fingerprint density at radius 3 is 2.69 bits per heavy atom. The Morgan fingerprint density at radius 1 is 1.19 bits per heavy atom. The van der Waals surface area contributed by atoms with Gasteiger partial charge in [-0.2, -0.15) is 0 Å². The summed E-state index contributed by atoms with van der Waals surface area (Å²) in [7, 11) is 1.75. The largest absolute Gasteiger partial charge is 0.381 e. The number of carbonyl (C=O) groups is 1. The summed E-state index contributed by atoms with van der Waals surface area (Å²) >= 11 is 0. The quantitative estimate of drug-likeness (QED) is 0.735. The van der Waals surface area contributed by atoms with Gasteiger partial charge in [0, 0.05) is 50.3 Å². The van der Waals surface area contributed by atoms with Crippen LogP contribution in [0.25, 0.3) is 11.3 Å². The Labute approximate surface area is 189 Å². The minimum absolute atomic E-state index is 0.0865. The van der Waals surface area contributed by atoms with Crippen LogP contribution >= 0.6 is 0 Å². The van der Waals surface area contributed by atoms with Gasteiger partial charge in [0.15, 0.2) is 5.76 Å². The number of rotatable bonds is 6. The zero-order chi connectivity index (χ0) is 22.1. The van der Waals surface area contributed by atoms with Gasteiger partial charge in [0.25, 0.3) is 0 Å². The lowest BCUT2D eigenvalue weighted by molar-refractivity contribution is -0.128. The Bertz CT molecular complexity index is 949. The first kappa shape index (κ1) is 21.4. The summed E-state index contributed by atoms with van der Waals surface area (Å²) in [5.41, 5.74) is 2.90. The van der Waals surface area contributed by atoms with Gasteiger partial charge in [-0.05, 0) is 51.9 Å². The molecule has 5 rings (SSSR count). The van der Waals surface area contributed by atoms with E-state index in [1.807, 2.05) is 19.2 Å². The van der Waals surface area contributed by atoms with E-state index in [1.165, 1.54) is 0 Å². The van der Waals surface area contributed by atoms with Gasteiger partial charge in [-0.15, -0.1) is 0 Å². The van der Waals surface area contributed by atoms with Crippen molar-refractivity contribution in [1.29, 1.82) is 0 Å². The van der Waals surface area contributed by atoms with Crippen LogP contribution in [-0.2, 0) is 9.53 Å². The van der Waals surface area contributed by atoms with Crippen LogP contribution in [0.15, 0.2) is 16.8 Å². The molecule has 8 heteroatoms. The highest BCUT2D eigenvalue weighted by Crippen LogP contribution is 2.43. The number of carbonyl (C=O) groups excluding carboxylic acids is 1. The Balaban J connectivity index is 1.20.